The summed E-state index contributed by atoms with van der Waals surface area (Å²) in [6.07, 6.45) is 0. The lowest BCUT2D eigenvalue weighted by molar-refractivity contribution is 0.0225. The summed E-state index contributed by atoms with van der Waals surface area (Å²) < 4.78 is 0. The molecule has 0 radical (unpaired) electrons. The maximum absolute atomic E-state index is 9.92. The molecule has 96 valence electrons. The molecule has 2 nitrogen and oxygen atoms in total. The van der Waals surface area contributed by atoms with E-state index in [9.17, 15) is 5.11 Å². The Morgan fingerprint density at radius 1 is 1.18 bits per heavy atom. The van der Waals surface area contributed by atoms with E-state index in [4.69, 9.17) is 0 Å². The predicted octanol–water partition coefficient (Wildman–Crippen LogP) is 2.98. The van der Waals surface area contributed by atoms with Crippen LogP contribution in [0.3, 0.4) is 0 Å². The number of rotatable bonds is 5. The first-order chi connectivity index (χ1) is 7.78. The van der Waals surface area contributed by atoms with Crippen molar-refractivity contribution in [1.82, 2.24) is 4.90 Å². The highest BCUT2D eigenvalue weighted by Crippen LogP contribution is 2.13. The fourth-order valence-electron chi connectivity index (χ4n) is 1.85. The summed E-state index contributed by atoms with van der Waals surface area (Å²) in [5.74, 6) is 0. The van der Waals surface area contributed by atoms with Gasteiger partial charge in [0.1, 0.15) is 0 Å². The molecule has 0 amide bonds. The summed E-state index contributed by atoms with van der Waals surface area (Å²) in [6, 6.07) is 9.03. The molecule has 1 aromatic carbocycles. The van der Waals surface area contributed by atoms with Crippen LogP contribution in [0.1, 0.15) is 38.8 Å². The normalized spacial score (nSPS) is 12.5. The number of hydrogen-bond acceptors (Lipinski definition) is 2. The Hall–Kier alpha value is -0.860. The van der Waals surface area contributed by atoms with E-state index >= 15 is 0 Å². The molecule has 0 unspecified atom stereocenters. The van der Waals surface area contributed by atoms with Gasteiger partial charge in [-0.15, -0.1) is 0 Å². The third kappa shape index (κ3) is 5.33. The molecule has 0 fully saturated rings. The quantitative estimate of drug-likeness (QED) is 0.848. The molecule has 1 rings (SSSR count). The molecule has 1 aromatic rings. The smallest absolute Gasteiger partial charge is 0.0718 e. The minimum absolute atomic E-state index is 0.433. The van der Waals surface area contributed by atoms with Gasteiger partial charge in [-0.05, 0) is 40.2 Å². The van der Waals surface area contributed by atoms with Crippen LogP contribution in [0.25, 0.3) is 0 Å². The van der Waals surface area contributed by atoms with Crippen LogP contribution in [0, 0.1) is 6.92 Å². The van der Waals surface area contributed by atoms with E-state index in [1.807, 2.05) is 13.8 Å². The summed E-state index contributed by atoms with van der Waals surface area (Å²) >= 11 is 0. The van der Waals surface area contributed by atoms with Gasteiger partial charge in [-0.25, -0.2) is 0 Å². The minimum Gasteiger partial charge on any atom is -0.389 e. The van der Waals surface area contributed by atoms with Crippen LogP contribution in [0.5, 0.6) is 0 Å². The Balaban J connectivity index is 2.70. The van der Waals surface area contributed by atoms with Crippen molar-refractivity contribution in [2.24, 2.45) is 0 Å². The SMILES string of the molecule is Cc1ccc(CN(CC(C)(C)O)C(C)C)cc1. The van der Waals surface area contributed by atoms with Crippen molar-refractivity contribution in [2.75, 3.05) is 6.54 Å². The molecule has 0 aromatic heterocycles. The zero-order chi connectivity index (χ0) is 13.1. The number of nitrogens with zero attached hydrogens (tertiary/aromatic N) is 1. The Labute approximate surface area is 105 Å². The van der Waals surface area contributed by atoms with E-state index in [-0.39, 0.29) is 0 Å². The predicted molar refractivity (Wildman–Crippen MR) is 73.0 cm³/mol. The lowest BCUT2D eigenvalue weighted by atomic mass is 10.1. The van der Waals surface area contributed by atoms with Gasteiger partial charge in [-0.2, -0.15) is 0 Å². The molecular formula is C15H25NO. The topological polar surface area (TPSA) is 23.5 Å². The van der Waals surface area contributed by atoms with Crippen LogP contribution in [0.2, 0.25) is 0 Å². The molecule has 1 N–H and O–H groups in total. The molecule has 0 saturated carbocycles. The minimum atomic E-state index is -0.644. The lowest BCUT2D eigenvalue weighted by Crippen LogP contribution is -2.41. The summed E-state index contributed by atoms with van der Waals surface area (Å²) in [7, 11) is 0. The van der Waals surface area contributed by atoms with Crippen LogP contribution in [0.4, 0.5) is 0 Å². The number of aliphatic hydroxyl groups is 1. The molecule has 17 heavy (non-hydrogen) atoms. The Kier molecular flexibility index (Phi) is 4.72. The van der Waals surface area contributed by atoms with Crippen LogP contribution < -0.4 is 0 Å². The second kappa shape index (κ2) is 5.65. The van der Waals surface area contributed by atoms with E-state index in [1.54, 1.807) is 0 Å². The second-order valence-electron chi connectivity index (χ2n) is 5.80. The van der Waals surface area contributed by atoms with Gasteiger partial charge in [0.25, 0.3) is 0 Å². The maximum Gasteiger partial charge on any atom is 0.0718 e. The van der Waals surface area contributed by atoms with Gasteiger partial charge < -0.3 is 5.11 Å². The maximum atomic E-state index is 9.92. The van der Waals surface area contributed by atoms with E-state index < -0.39 is 5.60 Å². The third-order valence-electron chi connectivity index (χ3n) is 2.83. The zero-order valence-corrected chi connectivity index (χ0v) is 11.7. The van der Waals surface area contributed by atoms with Crippen LogP contribution in [-0.4, -0.2) is 28.2 Å². The van der Waals surface area contributed by atoms with Crippen molar-refractivity contribution in [2.45, 2.75) is 52.8 Å². The molecule has 0 heterocycles. The van der Waals surface area contributed by atoms with E-state index in [0.717, 1.165) is 6.54 Å². The van der Waals surface area contributed by atoms with Gasteiger partial charge >= 0.3 is 0 Å². The van der Waals surface area contributed by atoms with Gasteiger partial charge in [0.05, 0.1) is 5.60 Å². The van der Waals surface area contributed by atoms with Gasteiger partial charge in [0.2, 0.25) is 0 Å². The molecule has 2 heteroatoms. The van der Waals surface area contributed by atoms with Gasteiger partial charge in [-0.1, -0.05) is 29.8 Å². The Bertz CT molecular complexity index is 335. The largest absolute Gasteiger partial charge is 0.389 e. The highest BCUT2D eigenvalue weighted by Gasteiger charge is 2.20. The second-order valence-corrected chi connectivity index (χ2v) is 5.80. The van der Waals surface area contributed by atoms with Crippen molar-refractivity contribution in [3.63, 3.8) is 0 Å². The van der Waals surface area contributed by atoms with Crippen molar-refractivity contribution in [1.29, 1.82) is 0 Å². The zero-order valence-electron chi connectivity index (χ0n) is 11.7. The standard InChI is InChI=1S/C15H25NO/c1-12(2)16(11-15(4,5)17)10-14-8-6-13(3)7-9-14/h6-9,12,17H,10-11H2,1-5H3. The number of hydrogen-bond donors (Lipinski definition) is 1. The molecule has 0 saturated heterocycles. The first-order valence-corrected chi connectivity index (χ1v) is 6.30. The third-order valence-corrected chi connectivity index (χ3v) is 2.83. The monoisotopic (exact) mass is 235 g/mol. The average Bonchev–Trinajstić information content (AvgIpc) is 2.18. The van der Waals surface area contributed by atoms with E-state index in [0.29, 0.717) is 12.6 Å². The first kappa shape index (κ1) is 14.2. The molecule has 0 aliphatic rings. The molecule has 0 bridgehead atoms. The van der Waals surface area contributed by atoms with Crippen LogP contribution in [0.15, 0.2) is 24.3 Å². The van der Waals surface area contributed by atoms with Crippen molar-refractivity contribution < 1.29 is 5.11 Å². The Morgan fingerprint density at radius 2 is 1.71 bits per heavy atom. The lowest BCUT2D eigenvalue weighted by Gasteiger charge is -2.32. The first-order valence-electron chi connectivity index (χ1n) is 6.30. The average molecular weight is 235 g/mol. The van der Waals surface area contributed by atoms with E-state index in [1.165, 1.54) is 11.1 Å². The summed E-state index contributed by atoms with van der Waals surface area (Å²) in [6.45, 7) is 11.7. The summed E-state index contributed by atoms with van der Waals surface area (Å²) in [4.78, 5) is 2.30. The molecular weight excluding hydrogens is 210 g/mol. The van der Waals surface area contributed by atoms with Crippen molar-refractivity contribution >= 4 is 0 Å². The molecule has 0 aliphatic heterocycles. The fraction of sp³-hybridized carbons (Fsp3) is 0.600. The van der Waals surface area contributed by atoms with Crippen LogP contribution in [-0.2, 0) is 6.54 Å². The molecule has 0 aliphatic carbocycles. The Morgan fingerprint density at radius 3 is 2.12 bits per heavy atom. The fourth-order valence-corrected chi connectivity index (χ4v) is 1.85. The van der Waals surface area contributed by atoms with Gasteiger partial charge in [0.15, 0.2) is 0 Å². The highest BCUT2D eigenvalue weighted by atomic mass is 16.3. The number of aryl methyl sites for hydroxylation is 1. The molecule has 0 atom stereocenters. The van der Waals surface area contributed by atoms with Crippen molar-refractivity contribution in [3.8, 4) is 0 Å². The van der Waals surface area contributed by atoms with Crippen LogP contribution >= 0.6 is 0 Å². The van der Waals surface area contributed by atoms with Crippen molar-refractivity contribution in [3.05, 3.63) is 35.4 Å². The number of benzene rings is 1. The van der Waals surface area contributed by atoms with Gasteiger partial charge in [-0.3, -0.25) is 4.90 Å². The van der Waals surface area contributed by atoms with E-state index in [2.05, 4.69) is 49.9 Å². The summed E-state index contributed by atoms with van der Waals surface area (Å²) in [5.41, 5.74) is 1.94. The summed E-state index contributed by atoms with van der Waals surface area (Å²) in [5, 5.41) is 9.92. The molecule has 0 spiro atoms. The highest BCUT2D eigenvalue weighted by molar-refractivity contribution is 5.21. The van der Waals surface area contributed by atoms with Gasteiger partial charge in [0, 0.05) is 19.1 Å².